The molecule has 0 bridgehead atoms. The number of benzene rings is 3. The Hall–Kier alpha value is -2.74. The molecule has 168 valence electrons. The number of carbonyl (C=O) groups is 2. The van der Waals surface area contributed by atoms with Crippen molar-refractivity contribution in [2.45, 2.75) is 13.2 Å². The quantitative estimate of drug-likeness (QED) is 0.302. The molecule has 0 atom stereocenters. The molecule has 0 radical (unpaired) electrons. The first-order valence-corrected chi connectivity index (χ1v) is 12.0. The largest absolute Gasteiger partial charge is 0.493 e. The van der Waals surface area contributed by atoms with E-state index in [4.69, 9.17) is 21.1 Å². The molecule has 0 spiro atoms. The molecule has 3 aromatic carbocycles. The van der Waals surface area contributed by atoms with Crippen molar-refractivity contribution in [2.75, 3.05) is 7.11 Å². The molecule has 2 amide bonds. The van der Waals surface area contributed by atoms with Crippen molar-refractivity contribution in [3.63, 3.8) is 0 Å². The molecule has 33 heavy (non-hydrogen) atoms. The number of hydrogen-bond acceptors (Lipinski definition) is 5. The van der Waals surface area contributed by atoms with Gasteiger partial charge in [-0.25, -0.2) is 0 Å². The second-order valence-electron chi connectivity index (χ2n) is 7.17. The third-order valence-corrected chi connectivity index (χ3v) is 6.80. The molecule has 1 aliphatic rings. The Morgan fingerprint density at radius 1 is 1.06 bits per heavy atom. The van der Waals surface area contributed by atoms with Crippen molar-refractivity contribution in [1.82, 2.24) is 4.90 Å². The van der Waals surface area contributed by atoms with E-state index < -0.39 is 0 Å². The van der Waals surface area contributed by atoms with Crippen LogP contribution in [0, 0.1) is 0 Å². The highest BCUT2D eigenvalue weighted by molar-refractivity contribution is 9.10. The van der Waals surface area contributed by atoms with Gasteiger partial charge < -0.3 is 9.47 Å². The number of imide groups is 1. The zero-order chi connectivity index (χ0) is 23.4. The van der Waals surface area contributed by atoms with Gasteiger partial charge in [-0.05, 0) is 68.7 Å². The maximum Gasteiger partial charge on any atom is 0.293 e. The van der Waals surface area contributed by atoms with Crippen molar-refractivity contribution in [3.05, 3.63) is 97.8 Å². The first-order valence-electron chi connectivity index (χ1n) is 9.99. The molecule has 0 N–H and O–H groups in total. The third-order valence-electron chi connectivity index (χ3n) is 4.94. The van der Waals surface area contributed by atoms with E-state index in [2.05, 4.69) is 15.9 Å². The lowest BCUT2D eigenvalue weighted by atomic mass is 10.1. The fourth-order valence-corrected chi connectivity index (χ4v) is 4.89. The van der Waals surface area contributed by atoms with Crippen LogP contribution in [0.3, 0.4) is 0 Å². The van der Waals surface area contributed by atoms with Gasteiger partial charge in [0.05, 0.1) is 23.0 Å². The van der Waals surface area contributed by atoms with Gasteiger partial charge in [0, 0.05) is 5.02 Å². The van der Waals surface area contributed by atoms with Crippen LogP contribution in [0.4, 0.5) is 4.79 Å². The smallest absolute Gasteiger partial charge is 0.293 e. The highest BCUT2D eigenvalue weighted by Gasteiger charge is 2.35. The van der Waals surface area contributed by atoms with Crippen LogP contribution in [-0.4, -0.2) is 23.2 Å². The van der Waals surface area contributed by atoms with E-state index in [0.717, 1.165) is 17.3 Å². The van der Waals surface area contributed by atoms with Gasteiger partial charge in [0.1, 0.15) is 6.61 Å². The predicted molar refractivity (Wildman–Crippen MR) is 134 cm³/mol. The Labute approximate surface area is 209 Å². The summed E-state index contributed by atoms with van der Waals surface area (Å²) in [6, 6.07) is 20.6. The number of ether oxygens (including phenoxy) is 2. The summed E-state index contributed by atoms with van der Waals surface area (Å²) in [7, 11) is 1.55. The van der Waals surface area contributed by atoms with Crippen LogP contribution in [0.25, 0.3) is 6.08 Å². The van der Waals surface area contributed by atoms with E-state index in [9.17, 15) is 9.59 Å². The number of thioether (sulfide) groups is 1. The Bertz CT molecular complexity index is 1230. The van der Waals surface area contributed by atoms with Crippen molar-refractivity contribution in [3.8, 4) is 11.5 Å². The SMILES string of the molecule is COc1cc(/C=C2\SC(=O)N(Cc3ccccc3Cl)C2=O)cc(Br)c1OCc1ccccc1. The summed E-state index contributed by atoms with van der Waals surface area (Å²) in [5.74, 6) is 0.719. The van der Waals surface area contributed by atoms with E-state index in [1.807, 2.05) is 42.5 Å². The molecule has 3 aromatic rings. The van der Waals surface area contributed by atoms with Crippen LogP contribution in [0.1, 0.15) is 16.7 Å². The molecule has 0 saturated carbocycles. The molecular formula is C25H19BrClNO4S. The first kappa shape index (κ1) is 23.4. The summed E-state index contributed by atoms with van der Waals surface area (Å²) < 4.78 is 12.2. The zero-order valence-electron chi connectivity index (χ0n) is 17.6. The molecule has 8 heteroatoms. The maximum atomic E-state index is 12.9. The van der Waals surface area contributed by atoms with Gasteiger partial charge in [0.25, 0.3) is 11.1 Å². The van der Waals surface area contributed by atoms with Gasteiger partial charge in [-0.2, -0.15) is 0 Å². The summed E-state index contributed by atoms with van der Waals surface area (Å²) in [5.41, 5.74) is 2.45. The molecule has 0 unspecified atom stereocenters. The number of methoxy groups -OCH3 is 1. The molecule has 5 nitrogen and oxygen atoms in total. The van der Waals surface area contributed by atoms with Crippen molar-refractivity contribution in [1.29, 1.82) is 0 Å². The predicted octanol–water partition coefficient (Wildman–Crippen LogP) is 6.93. The summed E-state index contributed by atoms with van der Waals surface area (Å²) in [6.45, 7) is 0.511. The number of rotatable bonds is 7. The summed E-state index contributed by atoms with van der Waals surface area (Å²) in [6.07, 6.45) is 1.67. The molecular weight excluding hydrogens is 526 g/mol. The number of hydrogen-bond donors (Lipinski definition) is 0. The number of nitrogens with zero attached hydrogens (tertiary/aromatic N) is 1. The van der Waals surface area contributed by atoms with E-state index in [1.165, 1.54) is 4.90 Å². The van der Waals surface area contributed by atoms with Gasteiger partial charge in [0.15, 0.2) is 11.5 Å². The lowest BCUT2D eigenvalue weighted by molar-refractivity contribution is -0.123. The van der Waals surface area contributed by atoms with Crippen molar-refractivity contribution >= 4 is 56.5 Å². The van der Waals surface area contributed by atoms with E-state index in [0.29, 0.717) is 43.6 Å². The van der Waals surface area contributed by atoms with Crippen LogP contribution >= 0.6 is 39.3 Å². The van der Waals surface area contributed by atoms with E-state index in [1.54, 1.807) is 37.5 Å². The molecule has 1 aliphatic heterocycles. The van der Waals surface area contributed by atoms with Gasteiger partial charge in [-0.3, -0.25) is 14.5 Å². The van der Waals surface area contributed by atoms with Gasteiger partial charge >= 0.3 is 0 Å². The second-order valence-corrected chi connectivity index (χ2v) is 9.42. The Morgan fingerprint density at radius 3 is 2.52 bits per heavy atom. The first-order chi connectivity index (χ1) is 16.0. The van der Waals surface area contributed by atoms with Gasteiger partial charge in [-0.1, -0.05) is 60.1 Å². The molecule has 1 saturated heterocycles. The summed E-state index contributed by atoms with van der Waals surface area (Å²) in [4.78, 5) is 26.9. The molecule has 1 heterocycles. The number of amides is 2. The Balaban J connectivity index is 1.54. The van der Waals surface area contributed by atoms with Gasteiger partial charge in [-0.15, -0.1) is 0 Å². The Kier molecular flexibility index (Phi) is 7.42. The minimum Gasteiger partial charge on any atom is -0.493 e. The number of halogens is 2. The fraction of sp³-hybridized carbons (Fsp3) is 0.120. The average molecular weight is 545 g/mol. The topological polar surface area (TPSA) is 55.8 Å². The van der Waals surface area contributed by atoms with Crippen LogP contribution < -0.4 is 9.47 Å². The fourth-order valence-electron chi connectivity index (χ4n) is 3.28. The molecule has 1 fully saturated rings. The van der Waals surface area contributed by atoms with Crippen LogP contribution in [0.5, 0.6) is 11.5 Å². The summed E-state index contributed by atoms with van der Waals surface area (Å²) >= 11 is 10.6. The minimum absolute atomic E-state index is 0.126. The number of carbonyl (C=O) groups excluding carboxylic acids is 2. The minimum atomic E-state index is -0.357. The Morgan fingerprint density at radius 2 is 1.79 bits per heavy atom. The average Bonchev–Trinajstić information content (AvgIpc) is 3.07. The molecule has 0 aromatic heterocycles. The maximum absolute atomic E-state index is 12.9. The van der Waals surface area contributed by atoms with Crippen LogP contribution in [-0.2, 0) is 17.9 Å². The zero-order valence-corrected chi connectivity index (χ0v) is 20.7. The van der Waals surface area contributed by atoms with Crippen molar-refractivity contribution in [2.24, 2.45) is 0 Å². The monoisotopic (exact) mass is 543 g/mol. The lowest BCUT2D eigenvalue weighted by Crippen LogP contribution is -2.27. The summed E-state index contributed by atoms with van der Waals surface area (Å²) in [5, 5.41) is 0.181. The van der Waals surface area contributed by atoms with Crippen molar-refractivity contribution < 1.29 is 19.1 Å². The lowest BCUT2D eigenvalue weighted by Gasteiger charge is -2.14. The normalized spacial score (nSPS) is 14.8. The molecule has 4 rings (SSSR count). The second kappa shape index (κ2) is 10.5. The van der Waals surface area contributed by atoms with E-state index >= 15 is 0 Å². The van der Waals surface area contributed by atoms with Crippen LogP contribution in [0.15, 0.2) is 76.1 Å². The standard InChI is InChI=1S/C25H19BrClNO4S/c1-31-21-12-17(11-19(26)23(21)32-15-16-7-3-2-4-8-16)13-22-24(29)28(25(30)33-22)14-18-9-5-6-10-20(18)27/h2-13H,14-15H2,1H3/b22-13-. The highest BCUT2D eigenvalue weighted by atomic mass is 79.9. The molecule has 0 aliphatic carbocycles. The third kappa shape index (κ3) is 5.43. The van der Waals surface area contributed by atoms with E-state index in [-0.39, 0.29) is 17.7 Å². The van der Waals surface area contributed by atoms with Gasteiger partial charge in [0.2, 0.25) is 0 Å². The van der Waals surface area contributed by atoms with Crippen LogP contribution in [0.2, 0.25) is 5.02 Å². The highest BCUT2D eigenvalue weighted by Crippen LogP contribution is 2.40.